The van der Waals surface area contributed by atoms with E-state index >= 15 is 0 Å². The van der Waals surface area contributed by atoms with Crippen LogP contribution >= 0.6 is 0 Å². The van der Waals surface area contributed by atoms with Gasteiger partial charge in [-0.1, -0.05) is 58.3 Å². The van der Waals surface area contributed by atoms with Crippen molar-refractivity contribution in [1.82, 2.24) is 0 Å². The molecule has 0 atom stereocenters. The summed E-state index contributed by atoms with van der Waals surface area (Å²) in [5.41, 5.74) is 0. The summed E-state index contributed by atoms with van der Waals surface area (Å²) in [4.78, 5) is 0. The Bertz CT molecular complexity index is 175. The molecule has 0 aromatic carbocycles. The average molecular weight is 206 g/mol. The molecule has 0 radical (unpaired) electrons. The van der Waals surface area contributed by atoms with Crippen molar-refractivity contribution in [3.05, 3.63) is 0 Å². The van der Waals surface area contributed by atoms with Gasteiger partial charge in [-0.25, -0.2) is 0 Å². The van der Waals surface area contributed by atoms with Gasteiger partial charge in [-0.2, -0.15) is 0 Å². The summed E-state index contributed by atoms with van der Waals surface area (Å²) in [5, 5.41) is 0. The molecular weight excluding hydrogens is 180 g/mol. The lowest BCUT2D eigenvalue weighted by atomic mass is 9.90. The van der Waals surface area contributed by atoms with Crippen molar-refractivity contribution in [2.24, 2.45) is 11.8 Å². The summed E-state index contributed by atoms with van der Waals surface area (Å²) in [6, 6.07) is 0. The first-order chi connectivity index (χ1) is 7.33. The Morgan fingerprint density at radius 2 is 1.27 bits per heavy atom. The van der Waals surface area contributed by atoms with E-state index in [1.54, 1.807) is 0 Å². The van der Waals surface area contributed by atoms with Crippen molar-refractivity contribution in [1.29, 1.82) is 0 Å². The van der Waals surface area contributed by atoms with Gasteiger partial charge in [-0.05, 0) is 18.8 Å². The molecule has 2 aliphatic rings. The zero-order valence-electron chi connectivity index (χ0n) is 10.3. The van der Waals surface area contributed by atoms with Crippen molar-refractivity contribution in [3.8, 4) is 12.3 Å². The molecule has 0 heterocycles. The van der Waals surface area contributed by atoms with Crippen LogP contribution in [0.15, 0.2) is 0 Å². The largest absolute Gasteiger partial charge is 0.120 e. The highest BCUT2D eigenvalue weighted by atomic mass is 14.1. The molecule has 0 N–H and O–H groups in total. The van der Waals surface area contributed by atoms with Gasteiger partial charge >= 0.3 is 0 Å². The normalized spacial score (nSPS) is 23.7. The Morgan fingerprint density at radius 1 is 0.800 bits per heavy atom. The minimum atomic E-state index is 0.615. The predicted octanol–water partition coefficient (Wildman–Crippen LogP) is 4.79. The second kappa shape index (κ2) is 7.80. The third-order valence-electron chi connectivity index (χ3n) is 3.73. The first-order valence-corrected chi connectivity index (χ1v) is 6.79. The number of hydrogen-bond donors (Lipinski definition) is 0. The lowest BCUT2D eigenvalue weighted by molar-refractivity contribution is 0.385. The molecule has 0 amide bonds. The van der Waals surface area contributed by atoms with E-state index in [9.17, 15) is 0 Å². The molecule has 0 spiro atoms. The van der Waals surface area contributed by atoms with Crippen LogP contribution in [0.2, 0.25) is 0 Å². The molecule has 0 unspecified atom stereocenters. The van der Waals surface area contributed by atoms with Crippen LogP contribution in [-0.2, 0) is 0 Å². The van der Waals surface area contributed by atoms with Gasteiger partial charge in [0, 0.05) is 5.92 Å². The maximum absolute atomic E-state index is 5.25. The lowest BCUT2D eigenvalue weighted by Gasteiger charge is -2.15. The van der Waals surface area contributed by atoms with Crippen LogP contribution in [0.1, 0.15) is 71.1 Å². The third kappa shape index (κ3) is 5.88. The van der Waals surface area contributed by atoms with E-state index in [0.717, 1.165) is 5.92 Å². The Balaban J connectivity index is 0.000000151. The number of hydrogen-bond acceptors (Lipinski definition) is 0. The standard InChI is InChI=1S/C8H12.C7H14/c1-2-8-6-4-3-5-7-8;1-7-5-3-2-4-6-7/h1,8H,3-7H2;7H,2-6H2,1H3. The molecule has 86 valence electrons. The van der Waals surface area contributed by atoms with Crippen molar-refractivity contribution in [2.75, 3.05) is 0 Å². The fourth-order valence-electron chi connectivity index (χ4n) is 2.58. The zero-order valence-corrected chi connectivity index (χ0v) is 10.3. The molecule has 0 saturated heterocycles. The summed E-state index contributed by atoms with van der Waals surface area (Å²) in [6.45, 7) is 2.36. The molecular formula is C15H26. The average Bonchev–Trinajstić information content (AvgIpc) is 2.32. The summed E-state index contributed by atoms with van der Waals surface area (Å²) in [7, 11) is 0. The number of rotatable bonds is 0. The van der Waals surface area contributed by atoms with Crippen LogP contribution in [0.25, 0.3) is 0 Å². The van der Waals surface area contributed by atoms with Crippen LogP contribution < -0.4 is 0 Å². The van der Waals surface area contributed by atoms with E-state index in [-0.39, 0.29) is 0 Å². The third-order valence-corrected chi connectivity index (χ3v) is 3.73. The summed E-state index contributed by atoms with van der Waals surface area (Å²) < 4.78 is 0. The smallest absolute Gasteiger partial charge is 0.0200 e. The maximum atomic E-state index is 5.25. The van der Waals surface area contributed by atoms with Crippen molar-refractivity contribution in [2.45, 2.75) is 71.1 Å². The molecule has 2 saturated carbocycles. The predicted molar refractivity (Wildman–Crippen MR) is 67.7 cm³/mol. The zero-order chi connectivity index (χ0) is 10.9. The van der Waals surface area contributed by atoms with Crippen LogP contribution in [0, 0.1) is 24.2 Å². The van der Waals surface area contributed by atoms with E-state index in [1.165, 1.54) is 64.2 Å². The molecule has 2 aliphatic carbocycles. The van der Waals surface area contributed by atoms with Crippen molar-refractivity contribution >= 4 is 0 Å². The van der Waals surface area contributed by atoms with Crippen molar-refractivity contribution in [3.63, 3.8) is 0 Å². The minimum absolute atomic E-state index is 0.615. The van der Waals surface area contributed by atoms with Gasteiger partial charge in [0.15, 0.2) is 0 Å². The van der Waals surface area contributed by atoms with Gasteiger partial charge in [0.1, 0.15) is 0 Å². The Kier molecular flexibility index (Phi) is 6.57. The highest BCUT2D eigenvalue weighted by Gasteiger charge is 2.08. The Labute approximate surface area is 95.8 Å². The molecule has 0 aliphatic heterocycles. The van der Waals surface area contributed by atoms with E-state index in [1.807, 2.05) is 0 Å². The van der Waals surface area contributed by atoms with Crippen LogP contribution in [-0.4, -0.2) is 0 Å². The van der Waals surface area contributed by atoms with Gasteiger partial charge in [0.2, 0.25) is 0 Å². The van der Waals surface area contributed by atoms with Crippen molar-refractivity contribution < 1.29 is 0 Å². The summed E-state index contributed by atoms with van der Waals surface area (Å²) in [5.74, 6) is 4.45. The fourth-order valence-corrected chi connectivity index (χ4v) is 2.58. The monoisotopic (exact) mass is 206 g/mol. The van der Waals surface area contributed by atoms with Gasteiger partial charge in [-0.3, -0.25) is 0 Å². The Morgan fingerprint density at radius 3 is 1.53 bits per heavy atom. The quantitative estimate of drug-likeness (QED) is 0.500. The maximum Gasteiger partial charge on any atom is 0.0200 e. The van der Waals surface area contributed by atoms with Crippen LogP contribution in [0.4, 0.5) is 0 Å². The minimum Gasteiger partial charge on any atom is -0.120 e. The van der Waals surface area contributed by atoms with Gasteiger partial charge in [0.05, 0.1) is 0 Å². The topological polar surface area (TPSA) is 0 Å². The van der Waals surface area contributed by atoms with Gasteiger partial charge in [-0.15, -0.1) is 12.3 Å². The van der Waals surface area contributed by atoms with Crippen LogP contribution in [0.5, 0.6) is 0 Å². The van der Waals surface area contributed by atoms with Gasteiger partial charge in [0.25, 0.3) is 0 Å². The van der Waals surface area contributed by atoms with Gasteiger partial charge < -0.3 is 0 Å². The van der Waals surface area contributed by atoms with E-state index in [0.29, 0.717) is 5.92 Å². The highest BCUT2D eigenvalue weighted by molar-refractivity contribution is 4.93. The molecule has 2 rings (SSSR count). The molecule has 0 bridgehead atoms. The molecule has 0 aromatic heterocycles. The first kappa shape index (κ1) is 12.6. The molecule has 0 nitrogen and oxygen atoms in total. The molecule has 15 heavy (non-hydrogen) atoms. The Hall–Kier alpha value is -0.440. The summed E-state index contributed by atoms with van der Waals surface area (Å²) in [6.07, 6.45) is 19.4. The van der Waals surface area contributed by atoms with E-state index in [4.69, 9.17) is 6.42 Å². The SMILES string of the molecule is C#CC1CCCCC1.CC1CCCCC1. The highest BCUT2D eigenvalue weighted by Crippen LogP contribution is 2.22. The molecule has 2 fully saturated rings. The fraction of sp³-hybridized carbons (Fsp3) is 0.867. The lowest BCUT2D eigenvalue weighted by Crippen LogP contribution is -2.02. The van der Waals surface area contributed by atoms with Crippen LogP contribution in [0.3, 0.4) is 0 Å². The van der Waals surface area contributed by atoms with E-state index in [2.05, 4.69) is 12.8 Å². The molecule has 0 heteroatoms. The molecule has 0 aromatic rings. The first-order valence-electron chi connectivity index (χ1n) is 6.79. The second-order valence-electron chi connectivity index (χ2n) is 5.24. The number of terminal acetylenes is 1. The van der Waals surface area contributed by atoms with E-state index < -0.39 is 0 Å². The summed E-state index contributed by atoms with van der Waals surface area (Å²) >= 11 is 0. The second-order valence-corrected chi connectivity index (χ2v) is 5.24.